The van der Waals surface area contributed by atoms with Crippen molar-refractivity contribution in [2.45, 2.75) is 25.8 Å². The number of ether oxygens (including phenoxy) is 2. The number of halogens is 1. The van der Waals surface area contributed by atoms with Gasteiger partial charge in [0.1, 0.15) is 23.0 Å². The highest BCUT2D eigenvalue weighted by molar-refractivity contribution is 9.10. The number of hydrogen-bond acceptors (Lipinski definition) is 6. The second kappa shape index (κ2) is 8.17. The Kier molecular flexibility index (Phi) is 5.53. The maximum atomic E-state index is 14.2. The number of carbonyl (C=O) groups is 2. The normalized spacial score (nSPS) is 19.7. The molecule has 2 heterocycles. The maximum absolute atomic E-state index is 14.2. The van der Waals surface area contributed by atoms with E-state index in [2.05, 4.69) is 15.9 Å². The van der Waals surface area contributed by atoms with Crippen LogP contribution in [-0.4, -0.2) is 18.5 Å². The van der Waals surface area contributed by atoms with Gasteiger partial charge in [0.25, 0.3) is 0 Å². The van der Waals surface area contributed by atoms with Gasteiger partial charge in [-0.2, -0.15) is 5.26 Å². The summed E-state index contributed by atoms with van der Waals surface area (Å²) in [5.41, 5.74) is 6.15. The molecule has 2 N–H and O–H groups in total. The minimum Gasteiger partial charge on any atom is -0.462 e. The Bertz CT molecular complexity index is 1240. The zero-order chi connectivity index (χ0) is 23.0. The number of rotatable bonds is 4. The number of hydrogen-bond donors (Lipinski definition) is 1. The predicted octanol–water partition coefficient (Wildman–Crippen LogP) is 3.79. The van der Waals surface area contributed by atoms with Gasteiger partial charge in [-0.05, 0) is 37.6 Å². The smallest absolute Gasteiger partial charge is 0.339 e. The van der Waals surface area contributed by atoms with Gasteiger partial charge in [0.2, 0.25) is 11.8 Å². The molecule has 8 heteroatoms. The summed E-state index contributed by atoms with van der Waals surface area (Å²) >= 11 is 3.46. The van der Waals surface area contributed by atoms with E-state index in [9.17, 15) is 14.9 Å². The standard InChI is InChI=1S/C24H20BrN3O4/c1-3-31-22(29)20-14(2)32-21(27)18(12-26)24(20)17-9-4-5-10-19(17)28(23(24)30)13-15-7-6-8-16(25)11-15/h4-11H,3,13,27H2,1-2H3. The number of amides is 1. The number of esters is 1. The number of anilines is 1. The van der Waals surface area contributed by atoms with E-state index in [-0.39, 0.29) is 35.9 Å². The first-order valence-electron chi connectivity index (χ1n) is 9.98. The highest BCUT2D eigenvalue weighted by Gasteiger charge is 2.62. The molecule has 2 aliphatic heterocycles. The summed E-state index contributed by atoms with van der Waals surface area (Å²) in [4.78, 5) is 28.8. The van der Waals surface area contributed by atoms with E-state index in [0.717, 1.165) is 10.0 Å². The predicted molar refractivity (Wildman–Crippen MR) is 121 cm³/mol. The Labute approximate surface area is 193 Å². The molecular formula is C24H20BrN3O4. The van der Waals surface area contributed by atoms with Gasteiger partial charge in [-0.15, -0.1) is 0 Å². The van der Waals surface area contributed by atoms with Crippen LogP contribution in [0.15, 0.2) is 75.8 Å². The number of carbonyl (C=O) groups excluding carboxylic acids is 2. The van der Waals surface area contributed by atoms with Gasteiger partial charge in [0.05, 0.1) is 13.2 Å². The molecule has 0 bridgehead atoms. The fourth-order valence-corrected chi connectivity index (χ4v) is 4.84. The maximum Gasteiger partial charge on any atom is 0.339 e. The molecule has 0 saturated heterocycles. The molecule has 1 amide bonds. The quantitative estimate of drug-likeness (QED) is 0.649. The van der Waals surface area contributed by atoms with Crippen LogP contribution in [0.3, 0.4) is 0 Å². The Hall–Kier alpha value is -3.57. The van der Waals surface area contributed by atoms with Gasteiger partial charge >= 0.3 is 5.97 Å². The number of benzene rings is 2. The lowest BCUT2D eigenvalue weighted by Gasteiger charge is -2.34. The molecule has 0 aromatic heterocycles. The van der Waals surface area contributed by atoms with Gasteiger partial charge < -0.3 is 20.1 Å². The largest absolute Gasteiger partial charge is 0.462 e. The Morgan fingerprint density at radius 2 is 2.03 bits per heavy atom. The van der Waals surface area contributed by atoms with Crippen molar-refractivity contribution in [3.8, 4) is 6.07 Å². The van der Waals surface area contributed by atoms with Crippen molar-refractivity contribution in [2.24, 2.45) is 5.73 Å². The molecule has 2 aromatic carbocycles. The van der Waals surface area contributed by atoms with E-state index in [1.54, 1.807) is 43.0 Å². The molecule has 32 heavy (non-hydrogen) atoms. The van der Waals surface area contributed by atoms with E-state index in [1.165, 1.54) is 0 Å². The van der Waals surface area contributed by atoms with Crippen LogP contribution in [-0.2, 0) is 31.0 Å². The van der Waals surface area contributed by atoms with Crippen LogP contribution in [0.25, 0.3) is 0 Å². The summed E-state index contributed by atoms with van der Waals surface area (Å²) in [6.07, 6.45) is 0. The van der Waals surface area contributed by atoms with Crippen LogP contribution in [0.4, 0.5) is 5.69 Å². The molecule has 0 fully saturated rings. The van der Waals surface area contributed by atoms with E-state index < -0.39 is 17.3 Å². The molecule has 162 valence electrons. The van der Waals surface area contributed by atoms with Gasteiger partial charge in [0, 0.05) is 15.7 Å². The first-order chi connectivity index (χ1) is 15.4. The van der Waals surface area contributed by atoms with Crippen LogP contribution in [0.5, 0.6) is 0 Å². The molecule has 7 nitrogen and oxygen atoms in total. The Balaban J connectivity index is 1.98. The zero-order valence-corrected chi connectivity index (χ0v) is 19.1. The number of nitrogens with zero attached hydrogens (tertiary/aromatic N) is 2. The summed E-state index contributed by atoms with van der Waals surface area (Å²) in [5, 5.41) is 10.0. The minimum atomic E-state index is -1.74. The summed E-state index contributed by atoms with van der Waals surface area (Å²) in [7, 11) is 0. The lowest BCUT2D eigenvalue weighted by atomic mass is 9.68. The summed E-state index contributed by atoms with van der Waals surface area (Å²) < 4.78 is 11.7. The van der Waals surface area contributed by atoms with E-state index in [0.29, 0.717) is 11.3 Å². The second-order valence-electron chi connectivity index (χ2n) is 7.39. The SMILES string of the molecule is CCOC(=O)C1=C(C)OC(N)=C(C#N)C12C(=O)N(Cc1cccc(Br)c1)c1ccccc12. The first-order valence-corrected chi connectivity index (χ1v) is 10.8. The minimum absolute atomic E-state index is 0.0284. The van der Waals surface area contributed by atoms with Gasteiger partial charge in [-0.1, -0.05) is 46.3 Å². The van der Waals surface area contributed by atoms with Crippen LogP contribution in [0.1, 0.15) is 25.0 Å². The number of nitrogens with two attached hydrogens (primary N) is 1. The van der Waals surface area contributed by atoms with Crippen molar-refractivity contribution < 1.29 is 19.1 Å². The number of allylic oxidation sites excluding steroid dienone is 1. The monoisotopic (exact) mass is 493 g/mol. The Morgan fingerprint density at radius 1 is 1.28 bits per heavy atom. The second-order valence-corrected chi connectivity index (χ2v) is 8.31. The average Bonchev–Trinajstić information content (AvgIpc) is 2.98. The third-order valence-corrected chi connectivity index (χ3v) is 6.09. The fraction of sp³-hybridized carbons (Fsp3) is 0.208. The number of nitriles is 1. The number of fused-ring (bicyclic) bond motifs is 2. The molecular weight excluding hydrogens is 474 g/mol. The third-order valence-electron chi connectivity index (χ3n) is 5.60. The summed E-state index contributed by atoms with van der Waals surface area (Å²) in [6, 6.07) is 16.7. The van der Waals surface area contributed by atoms with E-state index >= 15 is 0 Å². The van der Waals surface area contributed by atoms with Crippen LogP contribution in [0.2, 0.25) is 0 Å². The summed E-state index contributed by atoms with van der Waals surface area (Å²) in [6.45, 7) is 3.56. The van der Waals surface area contributed by atoms with Crippen molar-refractivity contribution >= 4 is 33.5 Å². The van der Waals surface area contributed by atoms with E-state index in [1.807, 2.05) is 30.3 Å². The van der Waals surface area contributed by atoms with Gasteiger partial charge in [-0.3, -0.25) is 4.79 Å². The Morgan fingerprint density at radius 3 is 2.72 bits per heavy atom. The first kappa shape index (κ1) is 21.7. The van der Waals surface area contributed by atoms with Gasteiger partial charge in [-0.25, -0.2) is 4.79 Å². The lowest BCUT2D eigenvalue weighted by Crippen LogP contribution is -2.48. The molecule has 1 atom stereocenters. The summed E-state index contributed by atoms with van der Waals surface area (Å²) in [5.74, 6) is -1.25. The lowest BCUT2D eigenvalue weighted by molar-refractivity contribution is -0.141. The van der Waals surface area contributed by atoms with Crippen LogP contribution in [0, 0.1) is 11.3 Å². The van der Waals surface area contributed by atoms with Crippen molar-refractivity contribution in [2.75, 3.05) is 11.5 Å². The van der Waals surface area contributed by atoms with Crippen LogP contribution < -0.4 is 10.6 Å². The number of para-hydroxylation sites is 1. The zero-order valence-electron chi connectivity index (χ0n) is 17.5. The van der Waals surface area contributed by atoms with Crippen molar-refractivity contribution in [3.05, 3.63) is 86.9 Å². The van der Waals surface area contributed by atoms with Crippen molar-refractivity contribution in [1.82, 2.24) is 0 Å². The molecule has 1 unspecified atom stereocenters. The van der Waals surface area contributed by atoms with Crippen molar-refractivity contribution in [3.63, 3.8) is 0 Å². The fourth-order valence-electron chi connectivity index (χ4n) is 4.39. The molecule has 1 spiro atoms. The van der Waals surface area contributed by atoms with Crippen LogP contribution >= 0.6 is 15.9 Å². The molecule has 0 saturated carbocycles. The highest BCUT2D eigenvalue weighted by Crippen LogP contribution is 2.54. The average molecular weight is 494 g/mol. The molecule has 2 aromatic rings. The van der Waals surface area contributed by atoms with Crippen molar-refractivity contribution in [1.29, 1.82) is 5.26 Å². The highest BCUT2D eigenvalue weighted by atomic mass is 79.9. The van der Waals surface area contributed by atoms with E-state index in [4.69, 9.17) is 15.2 Å². The third kappa shape index (κ3) is 3.09. The molecule has 0 radical (unpaired) electrons. The molecule has 0 aliphatic carbocycles. The van der Waals surface area contributed by atoms with Gasteiger partial charge in [0.15, 0.2) is 5.41 Å². The molecule has 4 rings (SSSR count). The molecule has 2 aliphatic rings. The topological polar surface area (TPSA) is 106 Å².